The van der Waals surface area contributed by atoms with Crippen LogP contribution in [0.15, 0.2) is 58.5 Å². The summed E-state index contributed by atoms with van der Waals surface area (Å²) in [5.74, 6) is 0.552. The highest BCUT2D eigenvalue weighted by molar-refractivity contribution is 6.84. The standard InChI is InChI=1S/C24H36N2O3Si2/c1-30(2,17-5-15-25-19-21-7-11-23(27)12-8-21)29-31(3,4)18-6-16-26-20-22-9-13-24(28)14-10-22/h7-14,19-20,27-28H,5-6,15-18H2,1-4H3. The molecule has 168 valence electrons. The van der Waals surface area contributed by atoms with Crippen molar-refractivity contribution in [2.45, 2.75) is 51.1 Å². The van der Waals surface area contributed by atoms with Crippen molar-refractivity contribution in [3.8, 4) is 11.5 Å². The lowest BCUT2D eigenvalue weighted by atomic mass is 10.2. The van der Waals surface area contributed by atoms with Crippen molar-refractivity contribution >= 4 is 29.1 Å². The van der Waals surface area contributed by atoms with Gasteiger partial charge >= 0.3 is 0 Å². The summed E-state index contributed by atoms with van der Waals surface area (Å²) in [5.41, 5.74) is 2.01. The fourth-order valence-electron chi connectivity index (χ4n) is 3.50. The number of aliphatic imine (C=N–C) groups is 2. The molecule has 0 fully saturated rings. The molecule has 0 bridgehead atoms. The Balaban J connectivity index is 1.67. The summed E-state index contributed by atoms with van der Waals surface area (Å²) < 4.78 is 6.70. The van der Waals surface area contributed by atoms with Crippen LogP contribution in [0, 0.1) is 0 Å². The molecular weight excluding hydrogens is 420 g/mol. The summed E-state index contributed by atoms with van der Waals surface area (Å²) >= 11 is 0. The lowest BCUT2D eigenvalue weighted by Crippen LogP contribution is -2.44. The zero-order valence-electron chi connectivity index (χ0n) is 19.2. The van der Waals surface area contributed by atoms with E-state index in [0.29, 0.717) is 0 Å². The predicted octanol–water partition coefficient (Wildman–Crippen LogP) is 5.84. The quantitative estimate of drug-likeness (QED) is 0.239. The van der Waals surface area contributed by atoms with Crippen molar-refractivity contribution in [1.29, 1.82) is 0 Å². The van der Waals surface area contributed by atoms with Crippen LogP contribution in [0.1, 0.15) is 24.0 Å². The second-order valence-electron chi connectivity index (χ2n) is 9.08. The first kappa shape index (κ1) is 25.0. The molecule has 2 aromatic carbocycles. The number of rotatable bonds is 12. The van der Waals surface area contributed by atoms with E-state index in [-0.39, 0.29) is 11.5 Å². The second-order valence-corrected chi connectivity index (χ2v) is 17.9. The molecule has 0 aliphatic carbocycles. The van der Waals surface area contributed by atoms with Crippen molar-refractivity contribution in [1.82, 2.24) is 0 Å². The second kappa shape index (κ2) is 12.0. The third-order valence-electron chi connectivity index (χ3n) is 4.95. The maximum Gasteiger partial charge on any atom is 0.173 e. The van der Waals surface area contributed by atoms with E-state index in [2.05, 4.69) is 36.2 Å². The highest BCUT2D eigenvalue weighted by atomic mass is 28.4. The molecule has 31 heavy (non-hydrogen) atoms. The minimum absolute atomic E-state index is 0.276. The number of phenolic OH excluding ortho intramolecular Hbond substituents is 2. The van der Waals surface area contributed by atoms with Crippen LogP contribution in [-0.4, -0.2) is 52.4 Å². The van der Waals surface area contributed by atoms with Gasteiger partial charge in [0.15, 0.2) is 16.6 Å². The zero-order valence-corrected chi connectivity index (χ0v) is 21.2. The number of hydrogen-bond donors (Lipinski definition) is 2. The molecule has 0 aliphatic heterocycles. The number of phenols is 2. The Bertz CT molecular complexity index is 777. The topological polar surface area (TPSA) is 74.4 Å². The summed E-state index contributed by atoms with van der Waals surface area (Å²) in [6.45, 7) is 10.9. The molecule has 5 nitrogen and oxygen atoms in total. The van der Waals surface area contributed by atoms with Gasteiger partial charge in [-0.25, -0.2) is 0 Å². The minimum Gasteiger partial charge on any atom is -0.508 e. The Kier molecular flexibility index (Phi) is 9.67. The molecule has 2 N–H and O–H groups in total. The van der Waals surface area contributed by atoms with Gasteiger partial charge in [-0.05, 0) is 111 Å². The van der Waals surface area contributed by atoms with E-state index >= 15 is 0 Å². The fourth-order valence-corrected chi connectivity index (χ4v) is 12.3. The van der Waals surface area contributed by atoms with Crippen LogP contribution >= 0.6 is 0 Å². The molecular formula is C24H36N2O3Si2. The fraction of sp³-hybridized carbons (Fsp3) is 0.417. The van der Waals surface area contributed by atoms with Crippen LogP contribution in [0.5, 0.6) is 11.5 Å². The molecule has 7 heteroatoms. The van der Waals surface area contributed by atoms with Crippen LogP contribution in [0.4, 0.5) is 0 Å². The summed E-state index contributed by atoms with van der Waals surface area (Å²) in [6, 6.07) is 16.4. The highest BCUT2D eigenvalue weighted by Gasteiger charge is 2.32. The van der Waals surface area contributed by atoms with Crippen LogP contribution in [0.3, 0.4) is 0 Å². The molecule has 0 spiro atoms. The lowest BCUT2D eigenvalue weighted by molar-refractivity contribution is 0.475. The van der Waals surface area contributed by atoms with Crippen molar-refractivity contribution in [2.24, 2.45) is 9.98 Å². The van der Waals surface area contributed by atoms with Gasteiger partial charge in [-0.15, -0.1) is 0 Å². The molecule has 0 saturated carbocycles. The average Bonchev–Trinajstić information content (AvgIpc) is 2.69. The Hall–Kier alpha value is -2.23. The van der Waals surface area contributed by atoms with Crippen molar-refractivity contribution in [2.75, 3.05) is 13.1 Å². The van der Waals surface area contributed by atoms with E-state index in [1.165, 1.54) is 0 Å². The van der Waals surface area contributed by atoms with Crippen molar-refractivity contribution in [3.63, 3.8) is 0 Å². The van der Waals surface area contributed by atoms with Gasteiger partial charge < -0.3 is 14.3 Å². The van der Waals surface area contributed by atoms with E-state index < -0.39 is 16.6 Å². The summed E-state index contributed by atoms with van der Waals surface area (Å²) in [5, 5.41) is 18.6. The SMILES string of the molecule is C[Si](C)(CCCN=Cc1ccc(O)cc1)O[Si](C)(C)CCCN=Cc1ccc(O)cc1. The molecule has 0 aliphatic rings. The average molecular weight is 457 g/mol. The maximum absolute atomic E-state index is 9.32. The zero-order chi connectivity index (χ0) is 22.7. The monoisotopic (exact) mass is 456 g/mol. The Morgan fingerprint density at radius 1 is 0.677 bits per heavy atom. The first-order chi connectivity index (χ1) is 14.7. The third kappa shape index (κ3) is 10.6. The lowest BCUT2D eigenvalue weighted by Gasteiger charge is -2.34. The van der Waals surface area contributed by atoms with Crippen LogP contribution in [0.2, 0.25) is 38.3 Å². The van der Waals surface area contributed by atoms with Crippen LogP contribution < -0.4 is 0 Å². The van der Waals surface area contributed by atoms with E-state index in [1.54, 1.807) is 24.3 Å². The van der Waals surface area contributed by atoms with Gasteiger partial charge in [0.25, 0.3) is 0 Å². The van der Waals surface area contributed by atoms with Gasteiger partial charge in [0.05, 0.1) is 0 Å². The van der Waals surface area contributed by atoms with E-state index in [0.717, 1.165) is 49.1 Å². The highest BCUT2D eigenvalue weighted by Crippen LogP contribution is 2.24. The normalized spacial score (nSPS) is 12.8. The molecule has 2 rings (SSSR count). The number of hydrogen-bond acceptors (Lipinski definition) is 5. The van der Waals surface area contributed by atoms with Gasteiger partial charge in [0, 0.05) is 25.5 Å². The van der Waals surface area contributed by atoms with Gasteiger partial charge in [-0.1, -0.05) is 0 Å². The summed E-state index contributed by atoms with van der Waals surface area (Å²) in [6.07, 6.45) is 5.81. The molecule has 0 radical (unpaired) electrons. The Labute approximate surface area is 188 Å². The summed E-state index contributed by atoms with van der Waals surface area (Å²) in [7, 11) is -3.42. The van der Waals surface area contributed by atoms with Crippen molar-refractivity contribution in [3.05, 3.63) is 59.7 Å². The van der Waals surface area contributed by atoms with Gasteiger partial charge in [0.2, 0.25) is 0 Å². The first-order valence-electron chi connectivity index (χ1n) is 10.9. The molecule has 0 atom stereocenters. The first-order valence-corrected chi connectivity index (χ1v) is 17.2. The van der Waals surface area contributed by atoms with E-state index in [1.807, 2.05) is 36.7 Å². The van der Waals surface area contributed by atoms with Gasteiger partial charge in [-0.3, -0.25) is 9.98 Å². The maximum atomic E-state index is 9.32. The Morgan fingerprint density at radius 3 is 1.39 bits per heavy atom. The number of nitrogens with zero attached hydrogens (tertiary/aromatic N) is 2. The van der Waals surface area contributed by atoms with Crippen molar-refractivity contribution < 1.29 is 14.3 Å². The van der Waals surface area contributed by atoms with E-state index in [4.69, 9.17) is 4.12 Å². The minimum atomic E-state index is -1.71. The largest absolute Gasteiger partial charge is 0.508 e. The molecule has 0 saturated heterocycles. The third-order valence-corrected chi connectivity index (χ3v) is 12.5. The number of aromatic hydroxyl groups is 2. The molecule has 2 aromatic rings. The van der Waals surface area contributed by atoms with Crippen LogP contribution in [0.25, 0.3) is 0 Å². The van der Waals surface area contributed by atoms with Crippen LogP contribution in [-0.2, 0) is 4.12 Å². The van der Waals surface area contributed by atoms with Gasteiger partial charge in [-0.2, -0.15) is 0 Å². The van der Waals surface area contributed by atoms with Gasteiger partial charge in [0.1, 0.15) is 11.5 Å². The smallest absolute Gasteiger partial charge is 0.173 e. The summed E-state index contributed by atoms with van der Waals surface area (Å²) in [4.78, 5) is 9.02. The number of benzene rings is 2. The van der Waals surface area contributed by atoms with E-state index in [9.17, 15) is 10.2 Å². The molecule has 0 aromatic heterocycles. The predicted molar refractivity (Wildman–Crippen MR) is 136 cm³/mol. The molecule has 0 amide bonds. The molecule has 0 heterocycles. The Morgan fingerprint density at radius 2 is 1.03 bits per heavy atom. The molecule has 0 unspecified atom stereocenters.